The number of halogens is 4. The van der Waals surface area contributed by atoms with Crippen LogP contribution < -0.4 is 10.5 Å². The van der Waals surface area contributed by atoms with Crippen LogP contribution in [-0.4, -0.2) is 6.36 Å². The molecule has 2 rings (SSSR count). The molecule has 1 aromatic carbocycles. The third-order valence-electron chi connectivity index (χ3n) is 2.52. The van der Waals surface area contributed by atoms with E-state index in [0.29, 0.717) is 18.4 Å². The molecule has 0 spiro atoms. The molecule has 0 heterocycles. The number of ether oxygens (including phenoxy) is 1. The van der Waals surface area contributed by atoms with Gasteiger partial charge in [-0.15, -0.1) is 13.2 Å². The molecule has 0 amide bonds. The molecule has 0 saturated heterocycles. The molecular weight excluding hydrogens is 226 g/mol. The summed E-state index contributed by atoms with van der Waals surface area (Å²) in [7, 11) is 0. The number of nitrogens with two attached hydrogens (primary N) is 1. The fraction of sp³-hybridized carbons (Fsp3) is 0.400. The van der Waals surface area contributed by atoms with E-state index in [-0.39, 0.29) is 0 Å². The molecular formula is C10H9F4NO. The fourth-order valence-corrected chi connectivity index (χ4v) is 1.44. The molecule has 0 atom stereocenters. The van der Waals surface area contributed by atoms with Gasteiger partial charge in [-0.2, -0.15) is 0 Å². The molecule has 0 aliphatic heterocycles. The summed E-state index contributed by atoms with van der Waals surface area (Å²) in [5.41, 5.74) is 5.64. The van der Waals surface area contributed by atoms with Gasteiger partial charge in [0.1, 0.15) is 0 Å². The second-order valence-corrected chi connectivity index (χ2v) is 3.85. The molecule has 1 aliphatic carbocycles. The Bertz CT molecular complexity index is 412. The van der Waals surface area contributed by atoms with Crippen molar-refractivity contribution in [2.24, 2.45) is 5.73 Å². The van der Waals surface area contributed by atoms with Gasteiger partial charge in [-0.1, -0.05) is 6.07 Å². The molecule has 1 saturated carbocycles. The Kier molecular flexibility index (Phi) is 2.34. The van der Waals surface area contributed by atoms with Gasteiger partial charge in [0.25, 0.3) is 0 Å². The Balaban J connectivity index is 2.30. The number of hydrogen-bond donors (Lipinski definition) is 1. The van der Waals surface area contributed by atoms with E-state index in [2.05, 4.69) is 4.74 Å². The zero-order chi connectivity index (χ0) is 12.0. The van der Waals surface area contributed by atoms with Gasteiger partial charge in [-0.05, 0) is 30.5 Å². The van der Waals surface area contributed by atoms with Crippen molar-refractivity contribution in [3.63, 3.8) is 0 Å². The van der Waals surface area contributed by atoms with Gasteiger partial charge in [-0.25, -0.2) is 4.39 Å². The van der Waals surface area contributed by atoms with Crippen molar-refractivity contribution in [1.29, 1.82) is 0 Å². The Morgan fingerprint density at radius 1 is 1.25 bits per heavy atom. The molecule has 2 nitrogen and oxygen atoms in total. The van der Waals surface area contributed by atoms with Gasteiger partial charge in [0, 0.05) is 5.54 Å². The number of rotatable bonds is 2. The minimum atomic E-state index is -4.90. The highest BCUT2D eigenvalue weighted by molar-refractivity contribution is 5.37. The van der Waals surface area contributed by atoms with Gasteiger partial charge < -0.3 is 10.5 Å². The summed E-state index contributed by atoms with van der Waals surface area (Å²) in [6, 6.07) is 3.32. The number of benzene rings is 1. The maximum absolute atomic E-state index is 13.0. The normalized spacial score (nSPS) is 18.3. The van der Waals surface area contributed by atoms with E-state index in [1.807, 2.05) is 0 Å². The van der Waals surface area contributed by atoms with Crippen molar-refractivity contribution in [3.8, 4) is 5.75 Å². The Morgan fingerprint density at radius 3 is 2.38 bits per heavy atom. The second-order valence-electron chi connectivity index (χ2n) is 3.85. The maximum atomic E-state index is 13.0. The molecule has 2 N–H and O–H groups in total. The molecule has 0 unspecified atom stereocenters. The molecule has 0 radical (unpaired) electrons. The Hall–Kier alpha value is -1.30. The topological polar surface area (TPSA) is 35.2 Å². The number of alkyl halides is 3. The van der Waals surface area contributed by atoms with Crippen molar-refractivity contribution in [1.82, 2.24) is 0 Å². The first kappa shape index (κ1) is 11.2. The lowest BCUT2D eigenvalue weighted by Gasteiger charge is -2.13. The molecule has 0 aromatic heterocycles. The minimum absolute atomic E-state index is 0.466. The monoisotopic (exact) mass is 235 g/mol. The molecule has 1 fully saturated rings. The first-order valence-electron chi connectivity index (χ1n) is 4.65. The van der Waals surface area contributed by atoms with E-state index in [9.17, 15) is 17.6 Å². The van der Waals surface area contributed by atoms with Gasteiger partial charge in [0.15, 0.2) is 11.6 Å². The average molecular weight is 235 g/mol. The van der Waals surface area contributed by atoms with Crippen LogP contribution in [0.3, 0.4) is 0 Å². The largest absolute Gasteiger partial charge is 0.573 e. The molecule has 16 heavy (non-hydrogen) atoms. The van der Waals surface area contributed by atoms with E-state index in [1.54, 1.807) is 0 Å². The summed E-state index contributed by atoms with van der Waals surface area (Å²) in [5, 5.41) is 0. The van der Waals surface area contributed by atoms with Crippen LogP contribution in [0.2, 0.25) is 0 Å². The van der Waals surface area contributed by atoms with Crippen LogP contribution in [-0.2, 0) is 5.54 Å². The van der Waals surface area contributed by atoms with E-state index >= 15 is 0 Å². The van der Waals surface area contributed by atoms with E-state index in [1.165, 1.54) is 6.07 Å². The first-order chi connectivity index (χ1) is 7.30. The second kappa shape index (κ2) is 3.35. The summed E-state index contributed by atoms with van der Waals surface area (Å²) in [5.74, 6) is -1.88. The van der Waals surface area contributed by atoms with Crippen molar-refractivity contribution >= 4 is 0 Å². The zero-order valence-electron chi connectivity index (χ0n) is 8.14. The standard InChI is InChI=1S/C10H9F4NO/c11-7-2-1-6(9(15)3-4-9)5-8(7)16-10(12,13)14/h1-2,5H,3-4,15H2. The van der Waals surface area contributed by atoms with Crippen LogP contribution >= 0.6 is 0 Å². The van der Waals surface area contributed by atoms with Gasteiger partial charge >= 0.3 is 6.36 Å². The zero-order valence-corrected chi connectivity index (χ0v) is 8.14. The summed E-state index contributed by atoms with van der Waals surface area (Å²) >= 11 is 0. The van der Waals surface area contributed by atoms with Crippen LogP contribution in [0.25, 0.3) is 0 Å². The third kappa shape index (κ3) is 2.27. The molecule has 0 bridgehead atoms. The summed E-state index contributed by atoms with van der Waals surface area (Å²) in [6.45, 7) is 0. The quantitative estimate of drug-likeness (QED) is 0.800. The van der Waals surface area contributed by atoms with Crippen LogP contribution in [0.15, 0.2) is 18.2 Å². The average Bonchev–Trinajstić information content (AvgIpc) is 2.86. The molecule has 1 aliphatic rings. The number of hydrogen-bond acceptors (Lipinski definition) is 2. The molecule has 1 aromatic rings. The third-order valence-corrected chi connectivity index (χ3v) is 2.52. The lowest BCUT2D eigenvalue weighted by molar-refractivity contribution is -0.275. The van der Waals surface area contributed by atoms with Crippen molar-refractivity contribution in [2.45, 2.75) is 24.7 Å². The summed E-state index contributed by atoms with van der Waals surface area (Å²) in [4.78, 5) is 0. The smallest absolute Gasteiger partial charge is 0.403 e. The predicted molar refractivity (Wildman–Crippen MR) is 48.2 cm³/mol. The van der Waals surface area contributed by atoms with Crippen LogP contribution in [0, 0.1) is 5.82 Å². The van der Waals surface area contributed by atoms with Gasteiger partial charge in [-0.3, -0.25) is 0 Å². The lowest BCUT2D eigenvalue weighted by Crippen LogP contribution is -2.21. The fourth-order valence-electron chi connectivity index (χ4n) is 1.44. The molecule has 88 valence electrons. The lowest BCUT2D eigenvalue weighted by atomic mass is 10.1. The maximum Gasteiger partial charge on any atom is 0.573 e. The predicted octanol–water partition coefficient (Wildman–Crippen LogP) is 2.67. The SMILES string of the molecule is NC1(c2ccc(F)c(OC(F)(F)F)c2)CC1. The van der Waals surface area contributed by atoms with Crippen LogP contribution in [0.1, 0.15) is 18.4 Å². The summed E-state index contributed by atoms with van der Waals surface area (Å²) in [6.07, 6.45) is -3.53. The Labute approximate surface area is 89.0 Å². The highest BCUT2D eigenvalue weighted by Gasteiger charge is 2.41. The minimum Gasteiger partial charge on any atom is -0.403 e. The van der Waals surface area contributed by atoms with Crippen molar-refractivity contribution < 1.29 is 22.3 Å². The Morgan fingerprint density at radius 2 is 1.88 bits per heavy atom. The van der Waals surface area contributed by atoms with Crippen LogP contribution in [0.5, 0.6) is 5.75 Å². The van der Waals surface area contributed by atoms with Crippen molar-refractivity contribution in [3.05, 3.63) is 29.6 Å². The van der Waals surface area contributed by atoms with Gasteiger partial charge in [0.2, 0.25) is 0 Å². The highest BCUT2D eigenvalue weighted by Crippen LogP contribution is 2.44. The van der Waals surface area contributed by atoms with Gasteiger partial charge in [0.05, 0.1) is 0 Å². The summed E-state index contributed by atoms with van der Waals surface area (Å²) < 4.78 is 52.4. The van der Waals surface area contributed by atoms with Crippen molar-refractivity contribution in [2.75, 3.05) is 0 Å². The van der Waals surface area contributed by atoms with E-state index < -0.39 is 23.5 Å². The van der Waals surface area contributed by atoms with Crippen LogP contribution in [0.4, 0.5) is 17.6 Å². The first-order valence-corrected chi connectivity index (χ1v) is 4.65. The van der Waals surface area contributed by atoms with E-state index in [0.717, 1.165) is 12.1 Å². The molecule has 6 heteroatoms. The van der Waals surface area contributed by atoms with E-state index in [4.69, 9.17) is 5.73 Å². The highest BCUT2D eigenvalue weighted by atomic mass is 19.4.